The molecule has 10 heteroatoms. The van der Waals surface area contributed by atoms with E-state index >= 15 is 0 Å². The number of carbonyl (C=O) groups excluding carboxylic acids is 2. The zero-order chi connectivity index (χ0) is 21.0. The summed E-state index contributed by atoms with van der Waals surface area (Å²) in [6, 6.07) is 9.41. The van der Waals surface area contributed by atoms with Crippen LogP contribution in [-0.2, 0) is 4.79 Å². The van der Waals surface area contributed by atoms with E-state index in [1.807, 2.05) is 13.0 Å². The Morgan fingerprint density at radius 3 is 2.69 bits per heavy atom. The molecule has 0 unspecified atom stereocenters. The zero-order valence-corrected chi connectivity index (χ0v) is 16.8. The van der Waals surface area contributed by atoms with Crippen molar-refractivity contribution in [2.45, 2.75) is 6.92 Å². The van der Waals surface area contributed by atoms with E-state index in [0.717, 1.165) is 10.0 Å². The SMILES string of the molecule is Cc1cc(NC(=O)CNC(=O)c2ccc(-n3ccnc3)c([N+](=O)[O-])c2)ccc1Br. The molecular weight excluding hydrogens is 442 g/mol. The molecule has 9 nitrogen and oxygen atoms in total. The fourth-order valence-corrected chi connectivity index (χ4v) is 2.87. The number of benzene rings is 2. The first-order valence-corrected chi connectivity index (χ1v) is 9.25. The molecule has 3 rings (SSSR count). The fourth-order valence-electron chi connectivity index (χ4n) is 2.62. The Bertz CT molecular complexity index is 1080. The number of halogens is 1. The molecule has 0 aliphatic rings. The van der Waals surface area contributed by atoms with Crippen LogP contribution < -0.4 is 10.6 Å². The van der Waals surface area contributed by atoms with E-state index in [1.54, 1.807) is 18.3 Å². The molecule has 29 heavy (non-hydrogen) atoms. The number of hydrogen-bond acceptors (Lipinski definition) is 5. The van der Waals surface area contributed by atoms with Gasteiger partial charge in [0.25, 0.3) is 11.6 Å². The maximum atomic E-state index is 12.3. The number of nitro benzene ring substituents is 1. The number of anilines is 1. The predicted octanol–water partition coefficient (Wildman–Crippen LogP) is 3.22. The van der Waals surface area contributed by atoms with E-state index in [2.05, 4.69) is 31.5 Å². The number of amides is 2. The summed E-state index contributed by atoms with van der Waals surface area (Å²) in [5.41, 5.74) is 1.67. The first-order valence-electron chi connectivity index (χ1n) is 8.46. The highest BCUT2D eigenvalue weighted by Crippen LogP contribution is 2.24. The minimum absolute atomic E-state index is 0.0767. The number of imidazole rings is 1. The van der Waals surface area contributed by atoms with E-state index in [-0.39, 0.29) is 23.5 Å². The van der Waals surface area contributed by atoms with Crippen LogP contribution in [0.15, 0.2) is 59.6 Å². The van der Waals surface area contributed by atoms with Crippen molar-refractivity contribution in [1.82, 2.24) is 14.9 Å². The molecule has 0 fully saturated rings. The van der Waals surface area contributed by atoms with Gasteiger partial charge in [-0.05, 0) is 42.8 Å². The van der Waals surface area contributed by atoms with Crippen molar-refractivity contribution in [2.24, 2.45) is 0 Å². The van der Waals surface area contributed by atoms with Crippen molar-refractivity contribution in [3.8, 4) is 5.69 Å². The minimum atomic E-state index is -0.590. The first kappa shape index (κ1) is 20.2. The Morgan fingerprint density at radius 1 is 1.24 bits per heavy atom. The van der Waals surface area contributed by atoms with Gasteiger partial charge in [0.15, 0.2) is 0 Å². The van der Waals surface area contributed by atoms with Crippen LogP contribution in [0.5, 0.6) is 0 Å². The first-order chi connectivity index (χ1) is 13.8. The molecule has 1 aromatic heterocycles. The number of nitrogens with zero attached hydrogens (tertiary/aromatic N) is 3. The number of rotatable bonds is 6. The van der Waals surface area contributed by atoms with Crippen LogP contribution in [0.4, 0.5) is 11.4 Å². The van der Waals surface area contributed by atoms with Crippen molar-refractivity contribution < 1.29 is 14.5 Å². The summed E-state index contributed by atoms with van der Waals surface area (Å²) < 4.78 is 2.40. The van der Waals surface area contributed by atoms with Crippen LogP contribution in [-0.4, -0.2) is 32.8 Å². The van der Waals surface area contributed by atoms with Crippen LogP contribution in [0.1, 0.15) is 15.9 Å². The maximum Gasteiger partial charge on any atom is 0.294 e. The molecule has 0 bridgehead atoms. The number of aromatic nitrogens is 2. The molecule has 0 radical (unpaired) electrons. The van der Waals surface area contributed by atoms with Gasteiger partial charge in [-0.2, -0.15) is 0 Å². The minimum Gasteiger partial charge on any atom is -0.343 e. The fraction of sp³-hybridized carbons (Fsp3) is 0.105. The van der Waals surface area contributed by atoms with Gasteiger partial charge >= 0.3 is 0 Å². The van der Waals surface area contributed by atoms with Crippen molar-refractivity contribution in [3.05, 3.63) is 80.8 Å². The second kappa shape index (κ2) is 8.65. The maximum absolute atomic E-state index is 12.3. The van der Waals surface area contributed by atoms with E-state index in [1.165, 1.54) is 35.3 Å². The smallest absolute Gasteiger partial charge is 0.294 e. The van der Waals surface area contributed by atoms with Crippen LogP contribution >= 0.6 is 15.9 Å². The molecule has 1 heterocycles. The van der Waals surface area contributed by atoms with E-state index in [9.17, 15) is 19.7 Å². The van der Waals surface area contributed by atoms with Gasteiger partial charge in [-0.3, -0.25) is 19.7 Å². The highest BCUT2D eigenvalue weighted by molar-refractivity contribution is 9.10. The Balaban J connectivity index is 1.67. The summed E-state index contributed by atoms with van der Waals surface area (Å²) >= 11 is 3.38. The lowest BCUT2D eigenvalue weighted by molar-refractivity contribution is -0.384. The summed E-state index contributed by atoms with van der Waals surface area (Å²) in [5, 5.41) is 16.5. The Morgan fingerprint density at radius 2 is 2.03 bits per heavy atom. The lowest BCUT2D eigenvalue weighted by Gasteiger charge is -2.09. The summed E-state index contributed by atoms with van der Waals surface area (Å²) in [6.45, 7) is 1.62. The molecular formula is C19H16BrN5O4. The van der Waals surface area contributed by atoms with Crippen molar-refractivity contribution in [3.63, 3.8) is 0 Å². The van der Waals surface area contributed by atoms with E-state index in [0.29, 0.717) is 5.69 Å². The molecule has 2 amide bonds. The Labute approximate surface area is 174 Å². The van der Waals surface area contributed by atoms with Gasteiger partial charge in [0.2, 0.25) is 5.91 Å². The Hall–Kier alpha value is -3.53. The van der Waals surface area contributed by atoms with Gasteiger partial charge in [0.05, 0.1) is 17.8 Å². The number of nitrogens with one attached hydrogen (secondary N) is 2. The van der Waals surface area contributed by atoms with Gasteiger partial charge in [-0.25, -0.2) is 4.98 Å². The van der Waals surface area contributed by atoms with Gasteiger partial charge in [-0.15, -0.1) is 0 Å². The average Bonchev–Trinajstić information content (AvgIpc) is 3.23. The van der Waals surface area contributed by atoms with Crippen molar-refractivity contribution >= 4 is 39.1 Å². The largest absolute Gasteiger partial charge is 0.343 e. The lowest BCUT2D eigenvalue weighted by Crippen LogP contribution is -2.32. The highest BCUT2D eigenvalue weighted by Gasteiger charge is 2.19. The van der Waals surface area contributed by atoms with Crippen molar-refractivity contribution in [1.29, 1.82) is 0 Å². The molecule has 0 saturated carbocycles. The number of carbonyl (C=O) groups is 2. The summed E-state index contributed by atoms with van der Waals surface area (Å²) in [6.07, 6.45) is 4.49. The molecule has 2 N–H and O–H groups in total. The van der Waals surface area contributed by atoms with Gasteiger partial charge in [-0.1, -0.05) is 15.9 Å². The monoisotopic (exact) mass is 457 g/mol. The third kappa shape index (κ3) is 4.85. The molecule has 3 aromatic rings. The number of aryl methyl sites for hydroxylation is 1. The van der Waals surface area contributed by atoms with E-state index < -0.39 is 16.7 Å². The summed E-state index contributed by atoms with van der Waals surface area (Å²) in [4.78, 5) is 39.1. The van der Waals surface area contributed by atoms with Crippen LogP contribution in [0, 0.1) is 17.0 Å². The van der Waals surface area contributed by atoms with Gasteiger partial charge in [0, 0.05) is 34.2 Å². The topological polar surface area (TPSA) is 119 Å². The molecule has 2 aromatic carbocycles. The quantitative estimate of drug-likeness (QED) is 0.434. The number of nitro groups is 1. The normalized spacial score (nSPS) is 10.4. The Kier molecular flexibility index (Phi) is 6.03. The molecule has 0 atom stereocenters. The second-order valence-corrected chi connectivity index (χ2v) is 6.98. The third-order valence-corrected chi connectivity index (χ3v) is 4.96. The van der Waals surface area contributed by atoms with Crippen molar-refractivity contribution in [2.75, 3.05) is 11.9 Å². The van der Waals surface area contributed by atoms with Gasteiger partial charge in [0.1, 0.15) is 5.69 Å². The average molecular weight is 458 g/mol. The van der Waals surface area contributed by atoms with Crippen LogP contribution in [0.25, 0.3) is 5.69 Å². The number of hydrogen-bond donors (Lipinski definition) is 2. The van der Waals surface area contributed by atoms with Gasteiger partial charge < -0.3 is 15.2 Å². The zero-order valence-electron chi connectivity index (χ0n) is 15.3. The molecule has 0 spiro atoms. The lowest BCUT2D eigenvalue weighted by atomic mass is 10.1. The van der Waals surface area contributed by atoms with E-state index in [4.69, 9.17) is 0 Å². The molecule has 148 valence electrons. The molecule has 0 aliphatic carbocycles. The predicted molar refractivity (Wildman–Crippen MR) is 110 cm³/mol. The standard InChI is InChI=1S/C19H16BrN5O4/c1-12-8-14(3-4-15(12)20)23-18(26)10-22-19(27)13-2-5-16(17(9-13)25(28)29)24-7-6-21-11-24/h2-9,11H,10H2,1H3,(H,22,27)(H,23,26). The summed E-state index contributed by atoms with van der Waals surface area (Å²) in [5.74, 6) is -1.00. The highest BCUT2D eigenvalue weighted by atomic mass is 79.9. The summed E-state index contributed by atoms with van der Waals surface area (Å²) in [7, 11) is 0. The van der Waals surface area contributed by atoms with Crippen LogP contribution in [0.2, 0.25) is 0 Å². The molecule has 0 aliphatic heterocycles. The second-order valence-electron chi connectivity index (χ2n) is 6.13. The molecule has 0 saturated heterocycles. The third-order valence-electron chi connectivity index (χ3n) is 4.07. The van der Waals surface area contributed by atoms with Crippen LogP contribution in [0.3, 0.4) is 0 Å².